The van der Waals surface area contributed by atoms with Crippen LogP contribution in [0, 0.1) is 0 Å². The smallest absolute Gasteiger partial charge is 0.349 e. The summed E-state index contributed by atoms with van der Waals surface area (Å²) in [5.74, 6) is -4.72. The summed E-state index contributed by atoms with van der Waals surface area (Å²) in [7, 11) is 1.43. The lowest BCUT2D eigenvalue weighted by Crippen LogP contribution is -2.42. The molecule has 24 heavy (non-hydrogen) atoms. The largest absolute Gasteiger partial charge is 0.497 e. The van der Waals surface area contributed by atoms with Crippen LogP contribution < -0.4 is 10.1 Å². The molecule has 0 saturated heterocycles. The fourth-order valence-electron chi connectivity index (χ4n) is 2.91. The Balaban J connectivity index is 1.80. The van der Waals surface area contributed by atoms with Crippen LogP contribution in [0.15, 0.2) is 48.5 Å². The van der Waals surface area contributed by atoms with E-state index in [1.54, 1.807) is 12.1 Å². The molecule has 2 aromatic rings. The van der Waals surface area contributed by atoms with Gasteiger partial charge in [0.2, 0.25) is 0 Å². The van der Waals surface area contributed by atoms with Gasteiger partial charge in [0.05, 0.1) is 19.3 Å². The van der Waals surface area contributed by atoms with Gasteiger partial charge in [-0.3, -0.25) is 4.79 Å². The van der Waals surface area contributed by atoms with Crippen LogP contribution in [0.5, 0.6) is 5.75 Å². The zero-order chi connectivity index (χ0) is 17.3. The molecule has 3 rings (SSSR count). The third-order valence-corrected chi connectivity index (χ3v) is 4.23. The van der Waals surface area contributed by atoms with Gasteiger partial charge < -0.3 is 15.2 Å². The molecule has 0 fully saturated rings. The van der Waals surface area contributed by atoms with E-state index in [9.17, 15) is 18.7 Å². The van der Waals surface area contributed by atoms with Gasteiger partial charge in [-0.1, -0.05) is 24.3 Å². The summed E-state index contributed by atoms with van der Waals surface area (Å²) in [6.07, 6.45) is -0.590. The molecule has 6 heteroatoms. The minimum absolute atomic E-state index is 0.329. The molecule has 0 spiro atoms. The molecule has 0 heterocycles. The van der Waals surface area contributed by atoms with Crippen molar-refractivity contribution in [2.75, 3.05) is 7.11 Å². The third kappa shape index (κ3) is 2.85. The van der Waals surface area contributed by atoms with Gasteiger partial charge in [-0.05, 0) is 35.4 Å². The lowest BCUT2D eigenvalue weighted by Gasteiger charge is -2.22. The Kier molecular flexibility index (Phi) is 4.24. The van der Waals surface area contributed by atoms with E-state index in [0.717, 1.165) is 17.7 Å². The molecule has 2 N–H and O–H groups in total. The summed E-state index contributed by atoms with van der Waals surface area (Å²) in [5.41, 5.74) is 1.09. The van der Waals surface area contributed by atoms with Crippen LogP contribution in [-0.4, -0.2) is 24.2 Å². The predicted octanol–water partition coefficient (Wildman–Crippen LogP) is 2.56. The van der Waals surface area contributed by atoms with Crippen molar-refractivity contribution in [1.82, 2.24) is 5.32 Å². The average Bonchev–Trinajstić information content (AvgIpc) is 2.90. The number of hydrogen-bond acceptors (Lipinski definition) is 3. The lowest BCUT2D eigenvalue weighted by atomic mass is 10.0. The summed E-state index contributed by atoms with van der Waals surface area (Å²) in [6.45, 7) is 0. The molecule has 0 saturated carbocycles. The number of halogens is 2. The van der Waals surface area contributed by atoms with Crippen LogP contribution in [0.25, 0.3) is 0 Å². The topological polar surface area (TPSA) is 58.6 Å². The van der Waals surface area contributed by atoms with Crippen molar-refractivity contribution in [2.45, 2.75) is 24.5 Å². The van der Waals surface area contributed by atoms with Crippen LogP contribution in [-0.2, 0) is 17.1 Å². The van der Waals surface area contributed by atoms with Crippen molar-refractivity contribution in [3.63, 3.8) is 0 Å². The highest BCUT2D eigenvalue weighted by molar-refractivity contribution is 5.85. The number of fused-ring (bicyclic) bond motifs is 1. The second kappa shape index (κ2) is 6.20. The summed E-state index contributed by atoms with van der Waals surface area (Å²) < 4.78 is 33.7. The fourth-order valence-corrected chi connectivity index (χ4v) is 2.91. The van der Waals surface area contributed by atoms with E-state index in [0.29, 0.717) is 17.7 Å². The molecule has 1 amide bonds. The number of amides is 1. The molecule has 126 valence electrons. The van der Waals surface area contributed by atoms with Crippen molar-refractivity contribution >= 4 is 5.91 Å². The number of carbonyl (C=O) groups is 1. The molecule has 4 nitrogen and oxygen atoms in total. The van der Waals surface area contributed by atoms with Crippen LogP contribution in [0.2, 0.25) is 0 Å². The van der Waals surface area contributed by atoms with Gasteiger partial charge in [0.1, 0.15) is 5.75 Å². The molecule has 0 aliphatic heterocycles. The summed E-state index contributed by atoms with van der Waals surface area (Å²) in [4.78, 5) is 12.1. The molecular weight excluding hydrogens is 316 g/mol. The van der Waals surface area contributed by atoms with Gasteiger partial charge >= 0.3 is 5.92 Å². The van der Waals surface area contributed by atoms with Crippen molar-refractivity contribution in [1.29, 1.82) is 0 Å². The minimum atomic E-state index is -3.70. The highest BCUT2D eigenvalue weighted by atomic mass is 19.3. The number of ether oxygens (including phenoxy) is 1. The monoisotopic (exact) mass is 333 g/mol. The highest BCUT2D eigenvalue weighted by Crippen LogP contribution is 2.34. The molecule has 2 unspecified atom stereocenters. The van der Waals surface area contributed by atoms with Crippen molar-refractivity contribution in [3.8, 4) is 5.75 Å². The van der Waals surface area contributed by atoms with Crippen molar-refractivity contribution in [3.05, 3.63) is 65.2 Å². The molecular formula is C18H17F2NO3. The quantitative estimate of drug-likeness (QED) is 0.904. The van der Waals surface area contributed by atoms with E-state index in [2.05, 4.69) is 5.32 Å². The first-order chi connectivity index (χ1) is 11.4. The summed E-state index contributed by atoms with van der Waals surface area (Å²) in [5, 5.41) is 12.4. The number of aliphatic hydroxyl groups excluding tert-OH is 1. The first-order valence-corrected chi connectivity index (χ1v) is 7.52. The van der Waals surface area contributed by atoms with Gasteiger partial charge in [-0.25, -0.2) is 0 Å². The Hall–Kier alpha value is -2.47. The lowest BCUT2D eigenvalue weighted by molar-refractivity contribution is -0.148. The maximum absolute atomic E-state index is 14.4. The third-order valence-electron chi connectivity index (χ3n) is 4.23. The van der Waals surface area contributed by atoms with E-state index in [4.69, 9.17) is 4.74 Å². The molecule has 1 aliphatic carbocycles. The van der Waals surface area contributed by atoms with Gasteiger partial charge in [0.25, 0.3) is 5.91 Å². The van der Waals surface area contributed by atoms with Crippen LogP contribution in [0.1, 0.15) is 22.7 Å². The second-order valence-electron chi connectivity index (χ2n) is 5.72. The van der Waals surface area contributed by atoms with Crippen LogP contribution in [0.4, 0.5) is 8.78 Å². The van der Waals surface area contributed by atoms with Crippen molar-refractivity contribution < 1.29 is 23.4 Å². The number of benzene rings is 2. The van der Waals surface area contributed by atoms with E-state index in [1.165, 1.54) is 19.2 Å². The number of hydrogen-bond donors (Lipinski definition) is 2. The first-order valence-electron chi connectivity index (χ1n) is 7.52. The zero-order valence-corrected chi connectivity index (χ0v) is 13.0. The standard InChI is InChI=1S/C18H17F2NO3/c1-24-13-8-6-12(7-9-13)18(19,20)17(23)21-16-14-5-3-2-4-11(14)10-15(16)22/h2-9,15-16,22H,10H2,1H3,(H,21,23). The van der Waals surface area contributed by atoms with Gasteiger partial charge in [-0.15, -0.1) is 0 Å². The molecule has 0 radical (unpaired) electrons. The average molecular weight is 333 g/mol. The van der Waals surface area contributed by atoms with E-state index in [1.807, 2.05) is 12.1 Å². The van der Waals surface area contributed by atoms with E-state index >= 15 is 0 Å². The molecule has 0 bridgehead atoms. The Labute approximate surface area is 138 Å². The molecule has 2 aromatic carbocycles. The van der Waals surface area contributed by atoms with Crippen molar-refractivity contribution in [2.24, 2.45) is 0 Å². The molecule has 1 aliphatic rings. The number of rotatable bonds is 4. The Morgan fingerprint density at radius 2 is 1.88 bits per heavy atom. The summed E-state index contributed by atoms with van der Waals surface area (Å²) in [6, 6.07) is 11.3. The van der Waals surface area contributed by atoms with Gasteiger partial charge in [0.15, 0.2) is 0 Å². The van der Waals surface area contributed by atoms with Gasteiger partial charge in [-0.2, -0.15) is 8.78 Å². The number of alkyl halides is 2. The van der Waals surface area contributed by atoms with Gasteiger partial charge in [0, 0.05) is 12.0 Å². The molecule has 0 aromatic heterocycles. The molecule has 2 atom stereocenters. The maximum atomic E-state index is 14.4. The SMILES string of the molecule is COc1ccc(C(F)(F)C(=O)NC2c3ccccc3CC2O)cc1. The zero-order valence-electron chi connectivity index (χ0n) is 13.0. The predicted molar refractivity (Wildman–Crippen MR) is 83.9 cm³/mol. The minimum Gasteiger partial charge on any atom is -0.497 e. The van der Waals surface area contributed by atoms with E-state index < -0.39 is 29.5 Å². The fraction of sp³-hybridized carbons (Fsp3) is 0.278. The first kappa shape index (κ1) is 16.4. The Bertz CT molecular complexity index is 746. The second-order valence-corrected chi connectivity index (χ2v) is 5.72. The van der Waals surface area contributed by atoms with Crippen LogP contribution >= 0.6 is 0 Å². The highest BCUT2D eigenvalue weighted by Gasteiger charge is 2.44. The Morgan fingerprint density at radius 3 is 2.54 bits per heavy atom. The normalized spacial score (nSPS) is 19.7. The maximum Gasteiger partial charge on any atom is 0.349 e. The number of aliphatic hydroxyl groups is 1. The van der Waals surface area contributed by atoms with E-state index in [-0.39, 0.29) is 0 Å². The number of nitrogens with one attached hydrogen (secondary N) is 1. The summed E-state index contributed by atoms with van der Waals surface area (Å²) >= 11 is 0. The number of carbonyl (C=O) groups excluding carboxylic acids is 1. The van der Waals surface area contributed by atoms with Crippen LogP contribution in [0.3, 0.4) is 0 Å². The Morgan fingerprint density at radius 1 is 1.21 bits per heavy atom. The number of methoxy groups -OCH3 is 1.